The Hall–Kier alpha value is -0.580. The first-order chi connectivity index (χ1) is 8.44. The molecule has 0 bridgehead atoms. The fourth-order valence-corrected chi connectivity index (χ4v) is 2.71. The maximum atomic E-state index is 11.3. The van der Waals surface area contributed by atoms with Crippen molar-refractivity contribution in [3.05, 3.63) is 34.9 Å². The summed E-state index contributed by atoms with van der Waals surface area (Å²) in [5, 5.41) is 4.03. The molecular weight excluding hydrogens is 270 g/mol. The lowest BCUT2D eigenvalue weighted by atomic mass is 10.0. The Kier molecular flexibility index (Phi) is 6.12. The molecule has 102 valence electrons. The van der Waals surface area contributed by atoms with Crippen LogP contribution in [0, 0.1) is 0 Å². The van der Waals surface area contributed by atoms with Crippen molar-refractivity contribution in [2.24, 2.45) is 0 Å². The lowest BCUT2D eigenvalue weighted by molar-refractivity contribution is 0.514. The molecule has 1 aromatic rings. The van der Waals surface area contributed by atoms with Crippen molar-refractivity contribution < 1.29 is 8.42 Å². The molecule has 0 aliphatic rings. The predicted octanol–water partition coefficient (Wildman–Crippen LogP) is 2.82. The Bertz CT molecular complexity index is 474. The highest BCUT2D eigenvalue weighted by Gasteiger charge is 2.15. The summed E-state index contributed by atoms with van der Waals surface area (Å²) >= 11 is 6.16. The molecule has 1 N–H and O–H groups in total. The largest absolute Gasteiger partial charge is 0.310 e. The van der Waals surface area contributed by atoms with Crippen molar-refractivity contribution in [1.29, 1.82) is 0 Å². The van der Waals surface area contributed by atoms with Gasteiger partial charge in [-0.3, -0.25) is 0 Å². The first-order valence-electron chi connectivity index (χ1n) is 6.09. The fourth-order valence-electron chi connectivity index (χ4n) is 1.78. The summed E-state index contributed by atoms with van der Waals surface area (Å²) in [4.78, 5) is 0. The Morgan fingerprint density at radius 3 is 2.56 bits per heavy atom. The summed E-state index contributed by atoms with van der Waals surface area (Å²) in [6.45, 7) is 2.92. The Morgan fingerprint density at radius 2 is 2.00 bits per heavy atom. The van der Waals surface area contributed by atoms with Crippen LogP contribution in [0.2, 0.25) is 5.02 Å². The number of benzene rings is 1. The number of nitrogens with one attached hydrogen (secondary N) is 1. The minimum Gasteiger partial charge on any atom is -0.310 e. The van der Waals surface area contributed by atoms with Gasteiger partial charge in [-0.1, -0.05) is 36.7 Å². The van der Waals surface area contributed by atoms with Crippen LogP contribution >= 0.6 is 11.6 Å². The van der Waals surface area contributed by atoms with E-state index in [9.17, 15) is 8.42 Å². The van der Waals surface area contributed by atoms with Crippen LogP contribution in [-0.2, 0) is 9.84 Å². The number of hydrogen-bond donors (Lipinski definition) is 1. The minimum absolute atomic E-state index is 0.00613. The zero-order chi connectivity index (χ0) is 13.6. The molecule has 0 aliphatic carbocycles. The van der Waals surface area contributed by atoms with Gasteiger partial charge >= 0.3 is 0 Å². The Labute approximate surface area is 114 Å². The molecule has 18 heavy (non-hydrogen) atoms. The molecule has 1 atom stereocenters. The highest BCUT2D eigenvalue weighted by atomic mass is 35.5. The van der Waals surface area contributed by atoms with Crippen LogP contribution in [0.1, 0.15) is 31.4 Å². The smallest absolute Gasteiger partial charge is 0.147 e. The quantitative estimate of drug-likeness (QED) is 0.839. The Morgan fingerprint density at radius 1 is 1.33 bits per heavy atom. The van der Waals surface area contributed by atoms with Crippen molar-refractivity contribution in [3.63, 3.8) is 0 Å². The van der Waals surface area contributed by atoms with Crippen LogP contribution in [0.3, 0.4) is 0 Å². The van der Waals surface area contributed by atoms with Crippen molar-refractivity contribution in [2.45, 2.75) is 25.8 Å². The fraction of sp³-hybridized carbons (Fsp3) is 0.538. The third-order valence-corrected chi connectivity index (χ3v) is 4.02. The normalized spacial score (nSPS) is 13.5. The van der Waals surface area contributed by atoms with Gasteiger partial charge in [0.05, 0.1) is 5.75 Å². The third kappa shape index (κ3) is 5.38. The summed E-state index contributed by atoms with van der Waals surface area (Å²) in [6, 6.07) is 7.56. The van der Waals surface area contributed by atoms with Gasteiger partial charge in [-0.15, -0.1) is 0 Å². The molecule has 0 heterocycles. The van der Waals surface area contributed by atoms with Crippen molar-refractivity contribution in [3.8, 4) is 0 Å². The Balaban J connectivity index is 2.81. The number of sulfone groups is 1. The molecule has 3 nitrogen and oxygen atoms in total. The van der Waals surface area contributed by atoms with Gasteiger partial charge in [0, 0.05) is 17.3 Å². The average Bonchev–Trinajstić information content (AvgIpc) is 2.29. The second-order valence-corrected chi connectivity index (χ2v) is 7.11. The molecule has 5 heteroatoms. The number of halogens is 1. The SMILES string of the molecule is CCCNC(CCS(C)(=O)=O)c1ccccc1Cl. The van der Waals surface area contributed by atoms with Crippen LogP contribution < -0.4 is 5.32 Å². The van der Waals surface area contributed by atoms with E-state index in [2.05, 4.69) is 12.2 Å². The van der Waals surface area contributed by atoms with E-state index in [0.717, 1.165) is 18.5 Å². The van der Waals surface area contributed by atoms with Crippen LogP contribution in [0.4, 0.5) is 0 Å². The molecule has 0 amide bonds. The molecule has 1 aromatic carbocycles. The van der Waals surface area contributed by atoms with Gasteiger partial charge in [-0.05, 0) is 31.0 Å². The lowest BCUT2D eigenvalue weighted by Gasteiger charge is -2.19. The maximum absolute atomic E-state index is 11.3. The van der Waals surface area contributed by atoms with E-state index in [1.807, 2.05) is 24.3 Å². The standard InChI is InChI=1S/C13H20ClNO2S/c1-3-9-15-13(8-10-18(2,16)17)11-6-4-5-7-12(11)14/h4-7,13,15H,3,8-10H2,1-2H3. The van der Waals surface area contributed by atoms with Gasteiger partial charge in [0.25, 0.3) is 0 Å². The molecule has 0 saturated heterocycles. The summed E-state index contributed by atoms with van der Waals surface area (Å²) in [7, 11) is -2.95. The second-order valence-electron chi connectivity index (χ2n) is 4.45. The van der Waals surface area contributed by atoms with E-state index in [0.29, 0.717) is 11.4 Å². The molecule has 1 unspecified atom stereocenters. The van der Waals surface area contributed by atoms with Gasteiger partial charge in [-0.25, -0.2) is 8.42 Å². The molecule has 0 spiro atoms. The van der Waals surface area contributed by atoms with Crippen molar-refractivity contribution in [2.75, 3.05) is 18.6 Å². The third-order valence-electron chi connectivity index (χ3n) is 2.70. The van der Waals surface area contributed by atoms with Gasteiger partial charge in [0.2, 0.25) is 0 Å². The van der Waals surface area contributed by atoms with Crippen LogP contribution in [0.5, 0.6) is 0 Å². The topological polar surface area (TPSA) is 46.2 Å². The molecule has 0 aromatic heterocycles. The van der Waals surface area contributed by atoms with E-state index < -0.39 is 9.84 Å². The lowest BCUT2D eigenvalue weighted by Crippen LogP contribution is -2.24. The van der Waals surface area contributed by atoms with E-state index in [1.54, 1.807) is 0 Å². The predicted molar refractivity (Wildman–Crippen MR) is 76.8 cm³/mol. The van der Waals surface area contributed by atoms with E-state index >= 15 is 0 Å². The molecule has 0 fully saturated rings. The number of rotatable bonds is 7. The molecule has 1 rings (SSSR count). The molecule has 0 aliphatic heterocycles. The van der Waals surface area contributed by atoms with Gasteiger partial charge in [-0.2, -0.15) is 0 Å². The minimum atomic E-state index is -2.95. The summed E-state index contributed by atoms with van der Waals surface area (Å²) in [5.41, 5.74) is 0.969. The molecule has 0 radical (unpaired) electrons. The summed E-state index contributed by atoms with van der Waals surface area (Å²) < 4.78 is 22.5. The van der Waals surface area contributed by atoms with Gasteiger partial charge in [0.1, 0.15) is 9.84 Å². The zero-order valence-electron chi connectivity index (χ0n) is 10.8. The average molecular weight is 290 g/mol. The maximum Gasteiger partial charge on any atom is 0.147 e. The molecule has 0 saturated carbocycles. The summed E-state index contributed by atoms with van der Waals surface area (Å²) in [5.74, 6) is 0.166. The second kappa shape index (κ2) is 7.12. The van der Waals surface area contributed by atoms with Crippen LogP contribution in [0.25, 0.3) is 0 Å². The first-order valence-corrected chi connectivity index (χ1v) is 8.53. The van der Waals surface area contributed by atoms with E-state index in [-0.39, 0.29) is 11.8 Å². The highest BCUT2D eigenvalue weighted by Crippen LogP contribution is 2.25. The van der Waals surface area contributed by atoms with Crippen molar-refractivity contribution >= 4 is 21.4 Å². The first kappa shape index (κ1) is 15.5. The van der Waals surface area contributed by atoms with Crippen LogP contribution in [0.15, 0.2) is 24.3 Å². The highest BCUT2D eigenvalue weighted by molar-refractivity contribution is 7.90. The van der Waals surface area contributed by atoms with E-state index in [4.69, 9.17) is 11.6 Å². The number of hydrogen-bond acceptors (Lipinski definition) is 3. The van der Waals surface area contributed by atoms with Gasteiger partial charge in [0.15, 0.2) is 0 Å². The van der Waals surface area contributed by atoms with Gasteiger partial charge < -0.3 is 5.32 Å². The monoisotopic (exact) mass is 289 g/mol. The summed E-state index contributed by atoms with van der Waals surface area (Å²) in [6.07, 6.45) is 2.80. The van der Waals surface area contributed by atoms with Crippen molar-refractivity contribution in [1.82, 2.24) is 5.32 Å². The van der Waals surface area contributed by atoms with E-state index in [1.165, 1.54) is 6.26 Å². The molecular formula is C13H20ClNO2S. The van der Waals surface area contributed by atoms with Crippen LogP contribution in [-0.4, -0.2) is 27.0 Å². The zero-order valence-corrected chi connectivity index (χ0v) is 12.4.